The van der Waals surface area contributed by atoms with E-state index in [-0.39, 0.29) is 11.7 Å². The van der Waals surface area contributed by atoms with Crippen LogP contribution in [0.4, 0.5) is 0 Å². The van der Waals surface area contributed by atoms with Crippen molar-refractivity contribution >= 4 is 46.0 Å². The molecule has 2 heterocycles. The number of rotatable bonds is 5. The zero-order valence-corrected chi connectivity index (χ0v) is 12.6. The second-order valence-electron chi connectivity index (χ2n) is 3.93. The number of carbonyl (C=O) groups excluding carboxylic acids is 2. The number of hydrogen-bond acceptors (Lipinski definition) is 4. The van der Waals surface area contributed by atoms with E-state index < -0.39 is 0 Å². The lowest BCUT2D eigenvalue weighted by atomic mass is 10.3. The van der Waals surface area contributed by atoms with E-state index in [9.17, 15) is 9.59 Å². The smallest absolute Gasteiger partial charge is 0.261 e. The second kappa shape index (κ2) is 6.32. The predicted molar refractivity (Wildman–Crippen MR) is 79.7 cm³/mol. The molecule has 2 aromatic rings. The molecule has 100 valence electrons. The summed E-state index contributed by atoms with van der Waals surface area (Å²) in [7, 11) is 0. The minimum Gasteiger partial charge on any atom is -0.351 e. The van der Waals surface area contributed by atoms with Crippen molar-refractivity contribution in [3.05, 3.63) is 43.2 Å². The van der Waals surface area contributed by atoms with Gasteiger partial charge in [-0.15, -0.1) is 22.7 Å². The third-order valence-corrected chi connectivity index (χ3v) is 4.94. The molecule has 0 atom stereocenters. The Hall–Kier alpha value is -1.17. The molecule has 0 radical (unpaired) electrons. The number of amides is 1. The predicted octanol–water partition coefficient (Wildman–Crippen LogP) is 3.64. The molecule has 2 aromatic heterocycles. The fourth-order valence-electron chi connectivity index (χ4n) is 1.52. The van der Waals surface area contributed by atoms with Gasteiger partial charge in [0.1, 0.15) is 0 Å². The molecule has 0 fully saturated rings. The molecule has 0 aromatic carbocycles. The monoisotopic (exact) mass is 313 g/mol. The van der Waals surface area contributed by atoms with Crippen molar-refractivity contribution in [2.45, 2.75) is 13.3 Å². The van der Waals surface area contributed by atoms with E-state index in [0.717, 1.165) is 16.2 Å². The van der Waals surface area contributed by atoms with Gasteiger partial charge in [0.05, 0.1) is 14.1 Å². The Morgan fingerprint density at radius 3 is 2.47 bits per heavy atom. The summed E-state index contributed by atoms with van der Waals surface area (Å²) in [5.41, 5.74) is 0. The van der Waals surface area contributed by atoms with Crippen molar-refractivity contribution in [3.8, 4) is 0 Å². The summed E-state index contributed by atoms with van der Waals surface area (Å²) in [4.78, 5) is 25.4. The van der Waals surface area contributed by atoms with Crippen LogP contribution in [0.25, 0.3) is 0 Å². The third kappa shape index (κ3) is 3.89. The highest BCUT2D eigenvalue weighted by atomic mass is 35.5. The Balaban J connectivity index is 1.83. The van der Waals surface area contributed by atoms with Crippen LogP contribution in [0.1, 0.15) is 31.1 Å². The van der Waals surface area contributed by atoms with Crippen molar-refractivity contribution in [1.29, 1.82) is 0 Å². The van der Waals surface area contributed by atoms with E-state index in [1.165, 1.54) is 22.7 Å². The molecule has 19 heavy (non-hydrogen) atoms. The van der Waals surface area contributed by atoms with Gasteiger partial charge >= 0.3 is 0 Å². The van der Waals surface area contributed by atoms with Crippen molar-refractivity contribution < 1.29 is 9.59 Å². The van der Waals surface area contributed by atoms with Crippen molar-refractivity contribution in [2.75, 3.05) is 6.54 Å². The molecule has 0 saturated carbocycles. The summed E-state index contributed by atoms with van der Waals surface area (Å²) in [6.45, 7) is 2.10. The van der Waals surface area contributed by atoms with Crippen molar-refractivity contribution in [3.63, 3.8) is 0 Å². The number of hydrogen-bond donors (Lipinski definition) is 1. The average Bonchev–Trinajstić information content (AvgIpc) is 2.98. The maximum Gasteiger partial charge on any atom is 0.261 e. The fourth-order valence-corrected chi connectivity index (χ4v) is 3.39. The van der Waals surface area contributed by atoms with Crippen LogP contribution in [-0.4, -0.2) is 18.2 Å². The van der Waals surface area contributed by atoms with Gasteiger partial charge in [0, 0.05) is 11.4 Å². The quantitative estimate of drug-likeness (QED) is 0.857. The third-order valence-electron chi connectivity index (χ3n) is 2.46. The molecule has 1 N–H and O–H groups in total. The molecular formula is C13H12ClNO2S2. The second-order valence-corrected chi connectivity index (χ2v) is 6.82. The Morgan fingerprint density at radius 2 is 1.89 bits per heavy atom. The summed E-state index contributed by atoms with van der Waals surface area (Å²) < 4.78 is 0.606. The molecule has 1 amide bonds. The first-order valence-corrected chi connectivity index (χ1v) is 7.70. The lowest BCUT2D eigenvalue weighted by Gasteiger charge is -2.01. The van der Waals surface area contributed by atoms with Crippen LogP contribution in [-0.2, 0) is 6.42 Å². The Bertz CT molecular complexity index is 603. The molecule has 0 bridgehead atoms. The highest BCUT2D eigenvalue weighted by Crippen LogP contribution is 2.21. The van der Waals surface area contributed by atoms with E-state index >= 15 is 0 Å². The highest BCUT2D eigenvalue weighted by molar-refractivity contribution is 7.18. The highest BCUT2D eigenvalue weighted by Gasteiger charge is 2.08. The van der Waals surface area contributed by atoms with E-state index in [0.29, 0.717) is 15.8 Å². The molecule has 6 heteroatoms. The van der Waals surface area contributed by atoms with E-state index in [2.05, 4.69) is 5.32 Å². The molecule has 0 aliphatic heterocycles. The molecular weight excluding hydrogens is 302 g/mol. The molecule has 0 spiro atoms. The van der Waals surface area contributed by atoms with E-state index in [4.69, 9.17) is 11.6 Å². The van der Waals surface area contributed by atoms with Gasteiger partial charge in [-0.2, -0.15) is 0 Å². The Morgan fingerprint density at radius 1 is 1.16 bits per heavy atom. The van der Waals surface area contributed by atoms with E-state index in [1.54, 1.807) is 19.1 Å². The van der Waals surface area contributed by atoms with Crippen molar-refractivity contribution in [1.82, 2.24) is 5.32 Å². The van der Waals surface area contributed by atoms with Gasteiger partial charge < -0.3 is 5.32 Å². The zero-order valence-electron chi connectivity index (χ0n) is 10.2. The minimum absolute atomic E-state index is 0.0773. The lowest BCUT2D eigenvalue weighted by Crippen LogP contribution is -2.24. The first-order chi connectivity index (χ1) is 9.06. The maximum absolute atomic E-state index is 11.8. The number of Topliss-reactive ketones (excluding diaryl/α,β-unsaturated/α-hetero) is 1. The van der Waals surface area contributed by atoms with Crippen LogP contribution in [0.2, 0.25) is 4.34 Å². The molecule has 0 aliphatic rings. The average molecular weight is 314 g/mol. The largest absolute Gasteiger partial charge is 0.351 e. The van der Waals surface area contributed by atoms with Crippen LogP contribution in [0.15, 0.2) is 24.3 Å². The SMILES string of the molecule is CC(=O)c1ccc(CCNC(=O)c2ccc(Cl)s2)s1. The molecule has 2 rings (SSSR count). The molecule has 3 nitrogen and oxygen atoms in total. The number of carbonyl (C=O) groups is 2. The molecule has 0 aliphatic carbocycles. The molecule has 0 saturated heterocycles. The van der Waals surface area contributed by atoms with Gasteiger partial charge in [0.2, 0.25) is 0 Å². The standard InChI is InChI=1S/C13H12ClNO2S2/c1-8(16)10-3-2-9(18-10)6-7-15-13(17)11-4-5-12(14)19-11/h2-5H,6-7H2,1H3,(H,15,17). The minimum atomic E-state index is -0.111. The molecule has 0 unspecified atom stereocenters. The Labute approximate surface area is 124 Å². The van der Waals surface area contributed by atoms with Gasteiger partial charge in [0.15, 0.2) is 5.78 Å². The lowest BCUT2D eigenvalue weighted by molar-refractivity contribution is 0.0957. The van der Waals surface area contributed by atoms with Gasteiger partial charge in [-0.25, -0.2) is 0 Å². The number of ketones is 1. The van der Waals surface area contributed by atoms with Crippen LogP contribution in [0.5, 0.6) is 0 Å². The number of thiophene rings is 2. The van der Waals surface area contributed by atoms with Gasteiger partial charge in [0.25, 0.3) is 5.91 Å². The van der Waals surface area contributed by atoms with Crippen LogP contribution < -0.4 is 5.32 Å². The van der Waals surface area contributed by atoms with Gasteiger partial charge in [-0.05, 0) is 37.6 Å². The number of nitrogens with one attached hydrogen (secondary N) is 1. The first kappa shape index (κ1) is 14.2. The topological polar surface area (TPSA) is 46.2 Å². The van der Waals surface area contributed by atoms with Gasteiger partial charge in [-0.3, -0.25) is 9.59 Å². The maximum atomic E-state index is 11.8. The number of halogens is 1. The summed E-state index contributed by atoms with van der Waals surface area (Å²) in [6, 6.07) is 7.17. The van der Waals surface area contributed by atoms with Gasteiger partial charge in [-0.1, -0.05) is 11.6 Å². The van der Waals surface area contributed by atoms with Crippen LogP contribution >= 0.6 is 34.3 Å². The summed E-state index contributed by atoms with van der Waals surface area (Å²) in [5, 5.41) is 2.83. The first-order valence-electron chi connectivity index (χ1n) is 5.69. The zero-order chi connectivity index (χ0) is 13.8. The Kier molecular flexibility index (Phi) is 4.74. The normalized spacial score (nSPS) is 10.4. The van der Waals surface area contributed by atoms with Crippen molar-refractivity contribution in [2.24, 2.45) is 0 Å². The summed E-state index contributed by atoms with van der Waals surface area (Å²) >= 11 is 8.51. The van der Waals surface area contributed by atoms with Crippen LogP contribution in [0.3, 0.4) is 0 Å². The summed E-state index contributed by atoms with van der Waals surface area (Å²) in [6.07, 6.45) is 0.725. The van der Waals surface area contributed by atoms with Crippen LogP contribution in [0, 0.1) is 0 Å². The summed E-state index contributed by atoms with van der Waals surface area (Å²) in [5.74, 6) is -0.0336. The fraction of sp³-hybridized carbons (Fsp3) is 0.231. The van der Waals surface area contributed by atoms with E-state index in [1.807, 2.05) is 12.1 Å².